The van der Waals surface area contributed by atoms with Gasteiger partial charge in [-0.15, -0.1) is 0 Å². The third-order valence-electron chi connectivity index (χ3n) is 2.82. The van der Waals surface area contributed by atoms with Crippen LogP contribution in [0.1, 0.15) is 33.6 Å². The molecule has 1 rings (SSSR count). The number of hydrogen-bond acceptors (Lipinski definition) is 3. The minimum Gasteiger partial charge on any atom is -0.466 e. The first-order valence-electron chi connectivity index (χ1n) is 4.70. The van der Waals surface area contributed by atoms with Gasteiger partial charge in [-0.1, -0.05) is 13.8 Å². The number of carbonyl (C=O) groups excluding carboxylic acids is 2. The Hall–Kier alpha value is -0.860. The maximum atomic E-state index is 11.4. The molecule has 1 fully saturated rings. The van der Waals surface area contributed by atoms with Gasteiger partial charge in [-0.3, -0.25) is 9.59 Å². The first-order chi connectivity index (χ1) is 6.00. The zero-order chi connectivity index (χ0) is 10.1. The lowest BCUT2D eigenvalue weighted by Crippen LogP contribution is -2.31. The van der Waals surface area contributed by atoms with Gasteiger partial charge in [0.1, 0.15) is 5.78 Å². The smallest absolute Gasteiger partial charge is 0.309 e. The molecule has 0 N–H and O–H groups in total. The molecule has 0 amide bonds. The summed E-state index contributed by atoms with van der Waals surface area (Å²) in [7, 11) is 0. The van der Waals surface area contributed by atoms with E-state index < -0.39 is 5.41 Å². The highest BCUT2D eigenvalue weighted by Crippen LogP contribution is 2.40. The molecule has 3 nitrogen and oxygen atoms in total. The molecule has 0 spiro atoms. The highest BCUT2D eigenvalue weighted by molar-refractivity contribution is 5.92. The summed E-state index contributed by atoms with van der Waals surface area (Å²) in [5, 5.41) is 0. The van der Waals surface area contributed by atoms with Gasteiger partial charge in [0.2, 0.25) is 0 Å². The predicted octanol–water partition coefficient (Wildman–Crippen LogP) is 1.55. The summed E-state index contributed by atoms with van der Waals surface area (Å²) in [6, 6.07) is 0. The molecule has 1 aliphatic carbocycles. The fourth-order valence-corrected chi connectivity index (χ4v) is 1.81. The summed E-state index contributed by atoms with van der Waals surface area (Å²) in [6.45, 7) is 5.81. The number of esters is 1. The Kier molecular flexibility index (Phi) is 2.74. The fraction of sp³-hybridized carbons (Fsp3) is 0.800. The van der Waals surface area contributed by atoms with E-state index in [1.807, 2.05) is 13.8 Å². The van der Waals surface area contributed by atoms with Crippen molar-refractivity contribution in [2.45, 2.75) is 33.6 Å². The van der Waals surface area contributed by atoms with Gasteiger partial charge in [-0.2, -0.15) is 0 Å². The van der Waals surface area contributed by atoms with Gasteiger partial charge in [-0.05, 0) is 13.3 Å². The van der Waals surface area contributed by atoms with Gasteiger partial charge < -0.3 is 4.74 Å². The summed E-state index contributed by atoms with van der Waals surface area (Å²) in [5.41, 5.74) is -0.522. The zero-order valence-corrected chi connectivity index (χ0v) is 8.42. The molecule has 0 aromatic rings. The summed E-state index contributed by atoms with van der Waals surface area (Å²) < 4.78 is 4.92. The number of Topliss-reactive ketones (excluding diaryl/α,β-unsaturated/α-hetero) is 1. The quantitative estimate of drug-likeness (QED) is 0.611. The van der Waals surface area contributed by atoms with Crippen molar-refractivity contribution < 1.29 is 14.3 Å². The Morgan fingerprint density at radius 1 is 1.62 bits per heavy atom. The third-order valence-corrected chi connectivity index (χ3v) is 2.82. The van der Waals surface area contributed by atoms with Crippen LogP contribution in [0.4, 0.5) is 0 Å². The third kappa shape index (κ3) is 1.74. The molecular formula is C10H16O3. The van der Waals surface area contributed by atoms with Gasteiger partial charge in [0.15, 0.2) is 0 Å². The average molecular weight is 184 g/mol. The lowest BCUT2D eigenvalue weighted by atomic mass is 9.81. The van der Waals surface area contributed by atoms with Gasteiger partial charge in [0, 0.05) is 11.8 Å². The highest BCUT2D eigenvalue weighted by atomic mass is 16.5. The zero-order valence-electron chi connectivity index (χ0n) is 8.42. The van der Waals surface area contributed by atoms with Crippen LogP contribution in [0.25, 0.3) is 0 Å². The van der Waals surface area contributed by atoms with Crippen LogP contribution in [0.15, 0.2) is 0 Å². The van der Waals surface area contributed by atoms with E-state index in [9.17, 15) is 9.59 Å². The summed E-state index contributed by atoms with van der Waals surface area (Å²) in [5.74, 6) is -0.288. The maximum absolute atomic E-state index is 11.4. The minimum atomic E-state index is -0.522. The average Bonchev–Trinajstić information content (AvgIpc) is 2.28. The topological polar surface area (TPSA) is 43.4 Å². The van der Waals surface area contributed by atoms with Crippen molar-refractivity contribution >= 4 is 11.8 Å². The van der Waals surface area contributed by atoms with Crippen LogP contribution in [0.5, 0.6) is 0 Å². The molecule has 0 radical (unpaired) electrons. The minimum absolute atomic E-state index is 0.172. The first-order valence-corrected chi connectivity index (χ1v) is 4.70. The van der Waals surface area contributed by atoms with Crippen LogP contribution < -0.4 is 0 Å². The van der Waals surface area contributed by atoms with Gasteiger partial charge in [0.25, 0.3) is 0 Å². The summed E-state index contributed by atoms with van der Waals surface area (Å²) >= 11 is 0. The van der Waals surface area contributed by atoms with E-state index in [4.69, 9.17) is 4.74 Å². The number of rotatable bonds is 2. The van der Waals surface area contributed by atoms with Crippen molar-refractivity contribution in [1.29, 1.82) is 0 Å². The SMILES string of the molecule is CCOC(=O)[C@H]1CCC(=O)C1(C)C. The molecule has 74 valence electrons. The van der Waals surface area contributed by atoms with Crippen molar-refractivity contribution in [3.05, 3.63) is 0 Å². The van der Waals surface area contributed by atoms with Crippen molar-refractivity contribution in [2.75, 3.05) is 6.61 Å². The van der Waals surface area contributed by atoms with E-state index in [0.717, 1.165) is 0 Å². The summed E-state index contributed by atoms with van der Waals surface area (Å²) in [4.78, 5) is 22.8. The molecule has 1 saturated carbocycles. The van der Waals surface area contributed by atoms with E-state index in [1.54, 1.807) is 6.92 Å². The van der Waals surface area contributed by atoms with Crippen molar-refractivity contribution in [3.63, 3.8) is 0 Å². The Morgan fingerprint density at radius 3 is 2.62 bits per heavy atom. The first kappa shape index (κ1) is 10.2. The lowest BCUT2D eigenvalue weighted by Gasteiger charge is -2.23. The standard InChI is InChI=1S/C10H16O3/c1-4-13-9(12)7-5-6-8(11)10(7,2)3/h7H,4-6H2,1-3H3/t7-/m1/s1. The predicted molar refractivity (Wildman–Crippen MR) is 48.1 cm³/mol. The van der Waals surface area contributed by atoms with Crippen LogP contribution in [0, 0.1) is 11.3 Å². The molecule has 3 heteroatoms. The molecule has 1 aliphatic rings. The van der Waals surface area contributed by atoms with E-state index in [2.05, 4.69) is 0 Å². The second kappa shape index (κ2) is 3.48. The molecule has 0 heterocycles. The maximum Gasteiger partial charge on any atom is 0.309 e. The summed E-state index contributed by atoms with van der Waals surface area (Å²) in [6.07, 6.45) is 1.15. The Labute approximate surface area is 78.5 Å². The fourth-order valence-electron chi connectivity index (χ4n) is 1.81. The molecule has 13 heavy (non-hydrogen) atoms. The molecule has 0 unspecified atom stereocenters. The second-order valence-electron chi connectivity index (χ2n) is 3.99. The molecule has 0 aliphatic heterocycles. The molecule has 0 bridgehead atoms. The molecular weight excluding hydrogens is 168 g/mol. The van der Waals surface area contributed by atoms with Crippen molar-refractivity contribution in [2.24, 2.45) is 11.3 Å². The van der Waals surface area contributed by atoms with Crippen LogP contribution in [-0.2, 0) is 14.3 Å². The van der Waals surface area contributed by atoms with Gasteiger partial charge >= 0.3 is 5.97 Å². The van der Waals surface area contributed by atoms with E-state index in [-0.39, 0.29) is 17.7 Å². The van der Waals surface area contributed by atoms with Crippen LogP contribution in [0.3, 0.4) is 0 Å². The largest absolute Gasteiger partial charge is 0.466 e. The van der Waals surface area contributed by atoms with E-state index >= 15 is 0 Å². The second-order valence-corrected chi connectivity index (χ2v) is 3.99. The Morgan fingerprint density at radius 2 is 2.23 bits per heavy atom. The van der Waals surface area contributed by atoms with Crippen molar-refractivity contribution in [3.8, 4) is 0 Å². The molecule has 0 saturated heterocycles. The Balaban J connectivity index is 2.72. The molecule has 1 atom stereocenters. The van der Waals surface area contributed by atoms with Crippen LogP contribution >= 0.6 is 0 Å². The number of ether oxygens (including phenoxy) is 1. The normalized spacial score (nSPS) is 26.1. The van der Waals surface area contributed by atoms with E-state index in [0.29, 0.717) is 19.4 Å². The van der Waals surface area contributed by atoms with Gasteiger partial charge in [-0.25, -0.2) is 0 Å². The van der Waals surface area contributed by atoms with Crippen LogP contribution in [-0.4, -0.2) is 18.4 Å². The Bertz CT molecular complexity index is 230. The molecule has 0 aromatic heterocycles. The van der Waals surface area contributed by atoms with Crippen LogP contribution in [0.2, 0.25) is 0 Å². The molecule has 0 aromatic carbocycles. The highest BCUT2D eigenvalue weighted by Gasteiger charge is 2.46. The van der Waals surface area contributed by atoms with E-state index in [1.165, 1.54) is 0 Å². The number of hydrogen-bond donors (Lipinski definition) is 0. The van der Waals surface area contributed by atoms with Crippen molar-refractivity contribution in [1.82, 2.24) is 0 Å². The van der Waals surface area contributed by atoms with Gasteiger partial charge in [0.05, 0.1) is 12.5 Å². The lowest BCUT2D eigenvalue weighted by molar-refractivity contribution is -0.152. The monoisotopic (exact) mass is 184 g/mol. The number of ketones is 1. The number of carbonyl (C=O) groups is 2.